The van der Waals surface area contributed by atoms with Crippen LogP contribution in [0, 0.1) is 12.8 Å². The number of carbonyl (C=O) groups excluding carboxylic acids is 1. The molecule has 15 heavy (non-hydrogen) atoms. The summed E-state index contributed by atoms with van der Waals surface area (Å²) in [6.45, 7) is 10.2. The normalized spacial score (nSPS) is 11.1. The van der Waals surface area contributed by atoms with Crippen LogP contribution in [-0.4, -0.2) is 5.78 Å². The van der Waals surface area contributed by atoms with E-state index in [1.807, 2.05) is 32.9 Å². The van der Waals surface area contributed by atoms with E-state index in [0.717, 1.165) is 11.1 Å². The van der Waals surface area contributed by atoms with E-state index in [-0.39, 0.29) is 11.7 Å². The van der Waals surface area contributed by atoms with Gasteiger partial charge < -0.3 is 0 Å². The average Bonchev–Trinajstić information content (AvgIpc) is 2.16. The molecule has 0 radical (unpaired) electrons. The van der Waals surface area contributed by atoms with E-state index in [2.05, 4.69) is 19.9 Å². The number of Topliss-reactive ketones (excluding diaryl/α,β-unsaturated/α-hetero) is 1. The van der Waals surface area contributed by atoms with Crippen LogP contribution in [0.15, 0.2) is 18.2 Å². The van der Waals surface area contributed by atoms with Crippen molar-refractivity contribution in [3.8, 4) is 0 Å². The third-order valence-corrected chi connectivity index (χ3v) is 2.72. The second kappa shape index (κ2) is 4.61. The summed E-state index contributed by atoms with van der Waals surface area (Å²) in [4.78, 5) is 11.9. The van der Waals surface area contributed by atoms with E-state index in [1.165, 1.54) is 5.56 Å². The van der Waals surface area contributed by atoms with Gasteiger partial charge in [0.15, 0.2) is 5.78 Å². The van der Waals surface area contributed by atoms with Crippen LogP contribution in [0.3, 0.4) is 0 Å². The predicted octanol–water partition coefficient (Wildman–Crippen LogP) is 3.96. The lowest BCUT2D eigenvalue weighted by Crippen LogP contribution is -2.10. The minimum Gasteiger partial charge on any atom is -0.294 e. The molecule has 0 aliphatic heterocycles. The molecule has 0 saturated heterocycles. The molecule has 0 atom stereocenters. The standard InChI is InChI=1S/C14H20O/c1-9(2)12-7-6-11(5)13(8-12)14(15)10(3)4/h6-10H,1-5H3. The van der Waals surface area contributed by atoms with Crippen molar-refractivity contribution in [1.29, 1.82) is 0 Å². The van der Waals surface area contributed by atoms with E-state index in [0.29, 0.717) is 5.92 Å². The zero-order valence-electron chi connectivity index (χ0n) is 10.3. The summed E-state index contributed by atoms with van der Waals surface area (Å²) in [5.41, 5.74) is 3.21. The monoisotopic (exact) mass is 204 g/mol. The van der Waals surface area contributed by atoms with Gasteiger partial charge in [0.05, 0.1) is 0 Å². The Morgan fingerprint density at radius 3 is 2.20 bits per heavy atom. The summed E-state index contributed by atoms with van der Waals surface area (Å²) >= 11 is 0. The molecule has 1 rings (SSSR count). The first kappa shape index (κ1) is 12.0. The molecule has 0 fully saturated rings. The van der Waals surface area contributed by atoms with Gasteiger partial charge in [0.25, 0.3) is 0 Å². The van der Waals surface area contributed by atoms with Crippen LogP contribution in [0.5, 0.6) is 0 Å². The molecule has 1 aromatic rings. The molecule has 1 nitrogen and oxygen atoms in total. The van der Waals surface area contributed by atoms with E-state index in [9.17, 15) is 4.79 Å². The third kappa shape index (κ3) is 2.68. The number of benzene rings is 1. The van der Waals surface area contributed by atoms with Crippen LogP contribution < -0.4 is 0 Å². The first-order valence-corrected chi connectivity index (χ1v) is 5.58. The Bertz CT molecular complexity index is 362. The Morgan fingerprint density at radius 2 is 1.73 bits per heavy atom. The van der Waals surface area contributed by atoms with Gasteiger partial charge >= 0.3 is 0 Å². The van der Waals surface area contributed by atoms with Crippen molar-refractivity contribution in [2.45, 2.75) is 40.5 Å². The van der Waals surface area contributed by atoms with Gasteiger partial charge in [-0.2, -0.15) is 0 Å². The molecule has 1 heteroatoms. The molecular weight excluding hydrogens is 184 g/mol. The summed E-state index contributed by atoms with van der Waals surface area (Å²) in [6.07, 6.45) is 0. The molecule has 82 valence electrons. The third-order valence-electron chi connectivity index (χ3n) is 2.72. The van der Waals surface area contributed by atoms with Crippen LogP contribution in [-0.2, 0) is 0 Å². The number of aryl methyl sites for hydroxylation is 1. The Hall–Kier alpha value is -1.11. The van der Waals surface area contributed by atoms with Crippen LogP contribution in [0.1, 0.15) is 55.1 Å². The molecule has 0 unspecified atom stereocenters. The Labute approximate surface area is 92.5 Å². The SMILES string of the molecule is Cc1ccc(C(C)C)cc1C(=O)C(C)C. The van der Waals surface area contributed by atoms with E-state index in [1.54, 1.807) is 0 Å². The van der Waals surface area contributed by atoms with Gasteiger partial charge in [-0.3, -0.25) is 4.79 Å². The fraction of sp³-hybridized carbons (Fsp3) is 0.500. The lowest BCUT2D eigenvalue weighted by Gasteiger charge is -2.12. The number of hydrogen-bond donors (Lipinski definition) is 0. The van der Waals surface area contributed by atoms with E-state index in [4.69, 9.17) is 0 Å². The first-order valence-electron chi connectivity index (χ1n) is 5.58. The molecule has 0 bridgehead atoms. The molecular formula is C14H20O. The van der Waals surface area contributed by atoms with Crippen molar-refractivity contribution in [3.05, 3.63) is 34.9 Å². The molecule has 0 N–H and O–H groups in total. The summed E-state index contributed by atoms with van der Waals surface area (Å²) in [5.74, 6) is 0.797. The maximum atomic E-state index is 11.9. The average molecular weight is 204 g/mol. The quantitative estimate of drug-likeness (QED) is 0.681. The van der Waals surface area contributed by atoms with Crippen molar-refractivity contribution in [3.63, 3.8) is 0 Å². The fourth-order valence-electron chi connectivity index (χ4n) is 1.58. The Morgan fingerprint density at radius 1 is 1.13 bits per heavy atom. The van der Waals surface area contributed by atoms with Crippen LogP contribution in [0.25, 0.3) is 0 Å². The summed E-state index contributed by atoms with van der Waals surface area (Å²) < 4.78 is 0. The van der Waals surface area contributed by atoms with Crippen LogP contribution in [0.2, 0.25) is 0 Å². The van der Waals surface area contributed by atoms with Gasteiger partial charge in [-0.15, -0.1) is 0 Å². The van der Waals surface area contributed by atoms with Gasteiger partial charge in [0.2, 0.25) is 0 Å². The summed E-state index contributed by atoms with van der Waals surface area (Å²) in [6, 6.07) is 6.20. The fourth-order valence-corrected chi connectivity index (χ4v) is 1.58. The highest BCUT2D eigenvalue weighted by Gasteiger charge is 2.14. The van der Waals surface area contributed by atoms with E-state index >= 15 is 0 Å². The van der Waals surface area contributed by atoms with Crippen molar-refractivity contribution >= 4 is 5.78 Å². The second-order valence-electron chi connectivity index (χ2n) is 4.75. The lowest BCUT2D eigenvalue weighted by atomic mass is 9.92. The largest absolute Gasteiger partial charge is 0.294 e. The maximum Gasteiger partial charge on any atom is 0.165 e. The summed E-state index contributed by atoms with van der Waals surface area (Å²) in [5, 5.41) is 0. The molecule has 0 aliphatic carbocycles. The summed E-state index contributed by atoms with van der Waals surface area (Å²) in [7, 11) is 0. The van der Waals surface area contributed by atoms with Gasteiger partial charge in [0.1, 0.15) is 0 Å². The molecule has 0 aromatic heterocycles. The topological polar surface area (TPSA) is 17.1 Å². The second-order valence-corrected chi connectivity index (χ2v) is 4.75. The smallest absolute Gasteiger partial charge is 0.165 e. The van der Waals surface area contributed by atoms with Gasteiger partial charge in [-0.1, -0.05) is 39.8 Å². The number of ketones is 1. The minimum absolute atomic E-state index is 0.0751. The molecule has 1 aromatic carbocycles. The molecule has 0 amide bonds. The highest BCUT2D eigenvalue weighted by atomic mass is 16.1. The Kier molecular flexibility index (Phi) is 3.67. The zero-order chi connectivity index (χ0) is 11.6. The number of carbonyl (C=O) groups is 1. The van der Waals surface area contributed by atoms with Crippen molar-refractivity contribution in [2.24, 2.45) is 5.92 Å². The number of rotatable bonds is 3. The van der Waals surface area contributed by atoms with Gasteiger partial charge in [-0.05, 0) is 30.0 Å². The van der Waals surface area contributed by atoms with Crippen LogP contribution in [0.4, 0.5) is 0 Å². The van der Waals surface area contributed by atoms with Crippen molar-refractivity contribution in [1.82, 2.24) is 0 Å². The highest BCUT2D eigenvalue weighted by molar-refractivity contribution is 5.98. The molecule has 0 aliphatic rings. The lowest BCUT2D eigenvalue weighted by molar-refractivity contribution is 0.0938. The van der Waals surface area contributed by atoms with Crippen molar-refractivity contribution < 1.29 is 4.79 Å². The molecule has 0 saturated carbocycles. The van der Waals surface area contributed by atoms with E-state index < -0.39 is 0 Å². The zero-order valence-corrected chi connectivity index (χ0v) is 10.3. The molecule has 0 spiro atoms. The first-order chi connectivity index (χ1) is 6.93. The van der Waals surface area contributed by atoms with Gasteiger partial charge in [-0.25, -0.2) is 0 Å². The van der Waals surface area contributed by atoms with Crippen molar-refractivity contribution in [2.75, 3.05) is 0 Å². The Balaban J connectivity index is 3.16. The number of hydrogen-bond acceptors (Lipinski definition) is 1. The highest BCUT2D eigenvalue weighted by Crippen LogP contribution is 2.20. The predicted molar refractivity (Wildman–Crippen MR) is 64.4 cm³/mol. The minimum atomic E-state index is 0.0751. The maximum absolute atomic E-state index is 11.9. The van der Waals surface area contributed by atoms with Crippen LogP contribution >= 0.6 is 0 Å². The molecule has 0 heterocycles. The van der Waals surface area contributed by atoms with Gasteiger partial charge in [0, 0.05) is 11.5 Å².